The second-order valence-corrected chi connectivity index (χ2v) is 7.49. The van der Waals surface area contributed by atoms with Gasteiger partial charge in [0.05, 0.1) is 0 Å². The smallest absolute Gasteiger partial charge is 0.146 e. The van der Waals surface area contributed by atoms with Crippen LogP contribution in [0.15, 0.2) is 12.2 Å². The van der Waals surface area contributed by atoms with Crippen LogP contribution in [0.5, 0.6) is 0 Å². The minimum absolute atomic E-state index is 1.14. The van der Waals surface area contributed by atoms with Gasteiger partial charge in [-0.15, -0.1) is 0 Å². The van der Waals surface area contributed by atoms with Crippen molar-refractivity contribution in [2.24, 2.45) is 0 Å². The molecule has 2 radical (unpaired) electrons. The molecule has 0 aromatic rings. The Labute approximate surface area is 148 Å². The second-order valence-electron chi connectivity index (χ2n) is 7.49. The summed E-state index contributed by atoms with van der Waals surface area (Å²) in [5.74, 6) is 0. The van der Waals surface area contributed by atoms with Gasteiger partial charge in [-0.25, -0.2) is 0 Å². The molecule has 3 heterocycles. The van der Waals surface area contributed by atoms with E-state index in [1.165, 1.54) is 71.6 Å². The molecule has 0 N–H and O–H groups in total. The first-order valence-electron chi connectivity index (χ1n) is 9.84. The van der Waals surface area contributed by atoms with E-state index in [1.54, 1.807) is 0 Å². The van der Waals surface area contributed by atoms with Crippen molar-refractivity contribution >= 4 is 0 Å². The fourth-order valence-electron chi connectivity index (χ4n) is 3.80. The molecule has 3 aliphatic heterocycles. The molecule has 0 atom stereocenters. The SMILES string of the molecule is CN1CCN(CCCN2[C]N(CCCN3CC=CCC3)CC2)CC1. The Morgan fingerprint density at radius 2 is 1.38 bits per heavy atom. The number of hydrogen-bond acceptors (Lipinski definition) is 5. The van der Waals surface area contributed by atoms with Crippen LogP contribution in [0.1, 0.15) is 19.3 Å². The first kappa shape index (κ1) is 18.3. The van der Waals surface area contributed by atoms with Crippen molar-refractivity contribution < 1.29 is 0 Å². The highest BCUT2D eigenvalue weighted by molar-refractivity contribution is 4.90. The lowest BCUT2D eigenvalue weighted by atomic mass is 10.2. The highest BCUT2D eigenvalue weighted by atomic mass is 15.4. The summed E-state index contributed by atoms with van der Waals surface area (Å²) >= 11 is 0. The molecule has 0 bridgehead atoms. The van der Waals surface area contributed by atoms with Gasteiger partial charge in [-0.2, -0.15) is 0 Å². The molecule has 136 valence electrons. The fourth-order valence-corrected chi connectivity index (χ4v) is 3.80. The normalized spacial score (nSPS) is 25.7. The topological polar surface area (TPSA) is 16.2 Å². The first-order valence-corrected chi connectivity index (χ1v) is 9.84. The van der Waals surface area contributed by atoms with Gasteiger partial charge in [0.1, 0.15) is 6.67 Å². The predicted molar refractivity (Wildman–Crippen MR) is 99.8 cm³/mol. The third kappa shape index (κ3) is 6.12. The molecular weight excluding hydrogens is 298 g/mol. The molecule has 0 unspecified atom stereocenters. The Kier molecular flexibility index (Phi) is 7.55. The number of hydrogen-bond donors (Lipinski definition) is 0. The number of likely N-dealkylation sites (N-methyl/N-ethyl adjacent to an activating group) is 1. The van der Waals surface area contributed by atoms with Crippen LogP contribution in [0.4, 0.5) is 0 Å². The average molecular weight is 334 g/mol. The van der Waals surface area contributed by atoms with Crippen LogP contribution in [0.25, 0.3) is 0 Å². The predicted octanol–water partition coefficient (Wildman–Crippen LogP) is 0.890. The lowest BCUT2D eigenvalue weighted by Crippen LogP contribution is -2.45. The Bertz CT molecular complexity index is 378. The van der Waals surface area contributed by atoms with E-state index in [9.17, 15) is 0 Å². The van der Waals surface area contributed by atoms with Gasteiger partial charge in [0.2, 0.25) is 0 Å². The molecule has 3 aliphatic rings. The van der Waals surface area contributed by atoms with E-state index in [-0.39, 0.29) is 0 Å². The van der Waals surface area contributed by atoms with E-state index in [0.717, 1.165) is 26.2 Å². The Morgan fingerprint density at radius 1 is 0.708 bits per heavy atom. The van der Waals surface area contributed by atoms with Gasteiger partial charge in [0, 0.05) is 65.4 Å². The zero-order valence-corrected chi connectivity index (χ0v) is 15.5. The van der Waals surface area contributed by atoms with E-state index in [2.05, 4.69) is 50.4 Å². The van der Waals surface area contributed by atoms with Crippen LogP contribution in [0, 0.1) is 6.67 Å². The summed E-state index contributed by atoms with van der Waals surface area (Å²) in [5, 5.41) is 0. The minimum Gasteiger partial charge on any atom is -0.304 e. The second kappa shape index (κ2) is 9.88. The molecule has 5 heteroatoms. The Morgan fingerprint density at radius 3 is 2.00 bits per heavy atom. The third-order valence-electron chi connectivity index (χ3n) is 5.47. The standard InChI is InChI=1S/C19H35N5/c1-20-13-15-22(16-14-20)10-6-12-24-18-17-23(19-24)11-5-9-21-7-3-2-4-8-21/h2-3H,4-18H2,1H3. The third-order valence-corrected chi connectivity index (χ3v) is 5.47. The highest BCUT2D eigenvalue weighted by Crippen LogP contribution is 2.12. The summed E-state index contributed by atoms with van der Waals surface area (Å²) in [6.45, 7) is 18.0. The molecular formula is C19H35N5. The van der Waals surface area contributed by atoms with Crippen LogP contribution < -0.4 is 0 Å². The van der Waals surface area contributed by atoms with Crippen molar-refractivity contribution in [3.05, 3.63) is 18.8 Å². The maximum Gasteiger partial charge on any atom is 0.146 e. The summed E-state index contributed by atoms with van der Waals surface area (Å²) in [5.41, 5.74) is 0. The molecule has 0 spiro atoms. The van der Waals surface area contributed by atoms with Crippen LogP contribution in [0.2, 0.25) is 0 Å². The first-order chi connectivity index (χ1) is 11.8. The van der Waals surface area contributed by atoms with Gasteiger partial charge in [0.15, 0.2) is 0 Å². The van der Waals surface area contributed by atoms with E-state index >= 15 is 0 Å². The molecule has 0 aromatic heterocycles. The number of piperazine rings is 1. The molecule has 0 aromatic carbocycles. The Balaban J connectivity index is 1.21. The lowest BCUT2D eigenvalue weighted by molar-refractivity contribution is 0.149. The maximum atomic E-state index is 3.58. The van der Waals surface area contributed by atoms with Crippen molar-refractivity contribution in [2.75, 3.05) is 85.6 Å². The number of nitrogens with zero attached hydrogens (tertiary/aromatic N) is 5. The van der Waals surface area contributed by atoms with Crippen LogP contribution in [-0.4, -0.2) is 110 Å². The summed E-state index contributed by atoms with van der Waals surface area (Å²) in [6.07, 6.45) is 8.36. The van der Waals surface area contributed by atoms with E-state index in [4.69, 9.17) is 0 Å². The average Bonchev–Trinajstić information content (AvgIpc) is 3.05. The van der Waals surface area contributed by atoms with Crippen molar-refractivity contribution in [1.82, 2.24) is 24.5 Å². The van der Waals surface area contributed by atoms with Crippen LogP contribution >= 0.6 is 0 Å². The minimum atomic E-state index is 1.14. The molecule has 24 heavy (non-hydrogen) atoms. The fraction of sp³-hybridized carbons (Fsp3) is 0.842. The van der Waals surface area contributed by atoms with Crippen molar-refractivity contribution in [3.63, 3.8) is 0 Å². The van der Waals surface area contributed by atoms with Gasteiger partial charge in [-0.3, -0.25) is 14.7 Å². The summed E-state index contributed by atoms with van der Waals surface area (Å²) < 4.78 is 0. The molecule has 0 saturated carbocycles. The lowest BCUT2D eigenvalue weighted by Gasteiger charge is -2.32. The van der Waals surface area contributed by atoms with Crippen molar-refractivity contribution in [2.45, 2.75) is 19.3 Å². The number of rotatable bonds is 8. The van der Waals surface area contributed by atoms with Gasteiger partial charge < -0.3 is 9.80 Å². The molecule has 2 fully saturated rings. The summed E-state index contributed by atoms with van der Waals surface area (Å²) in [4.78, 5) is 12.4. The van der Waals surface area contributed by atoms with E-state index < -0.39 is 0 Å². The zero-order chi connectivity index (χ0) is 16.6. The molecule has 0 aliphatic carbocycles. The van der Waals surface area contributed by atoms with Gasteiger partial charge in [-0.1, -0.05) is 12.2 Å². The summed E-state index contributed by atoms with van der Waals surface area (Å²) in [6, 6.07) is 0. The molecule has 5 nitrogen and oxygen atoms in total. The zero-order valence-electron chi connectivity index (χ0n) is 15.5. The van der Waals surface area contributed by atoms with Crippen LogP contribution in [-0.2, 0) is 0 Å². The largest absolute Gasteiger partial charge is 0.304 e. The summed E-state index contributed by atoms with van der Waals surface area (Å²) in [7, 11) is 2.22. The van der Waals surface area contributed by atoms with Crippen molar-refractivity contribution in [3.8, 4) is 0 Å². The van der Waals surface area contributed by atoms with Gasteiger partial charge in [0.25, 0.3) is 0 Å². The van der Waals surface area contributed by atoms with E-state index in [1.807, 2.05) is 0 Å². The van der Waals surface area contributed by atoms with Crippen LogP contribution in [0.3, 0.4) is 0 Å². The monoisotopic (exact) mass is 333 g/mol. The maximum absolute atomic E-state index is 3.58. The van der Waals surface area contributed by atoms with Gasteiger partial charge in [-0.05, 0) is 39.4 Å². The highest BCUT2D eigenvalue weighted by Gasteiger charge is 2.21. The molecule has 0 amide bonds. The van der Waals surface area contributed by atoms with Gasteiger partial charge >= 0.3 is 0 Å². The Hall–Kier alpha value is -0.460. The van der Waals surface area contributed by atoms with E-state index in [0.29, 0.717) is 0 Å². The van der Waals surface area contributed by atoms with Crippen molar-refractivity contribution in [1.29, 1.82) is 0 Å². The molecule has 2 saturated heterocycles. The quantitative estimate of drug-likeness (QED) is 0.612. The molecule has 3 rings (SSSR count).